The Morgan fingerprint density at radius 3 is 2.56 bits per heavy atom. The summed E-state index contributed by atoms with van der Waals surface area (Å²) in [4.78, 5) is 27.6. The van der Waals surface area contributed by atoms with Crippen LogP contribution in [-0.4, -0.2) is 37.9 Å². The lowest BCUT2D eigenvalue weighted by molar-refractivity contribution is 0.100. The van der Waals surface area contributed by atoms with Gasteiger partial charge in [0.25, 0.3) is 0 Å². The zero-order chi connectivity index (χ0) is 18.8. The van der Waals surface area contributed by atoms with E-state index < -0.39 is 5.91 Å². The first-order chi connectivity index (χ1) is 13.1. The van der Waals surface area contributed by atoms with Gasteiger partial charge in [-0.2, -0.15) is 9.97 Å². The molecule has 1 saturated carbocycles. The van der Waals surface area contributed by atoms with Gasteiger partial charge >= 0.3 is 0 Å². The molecule has 7 N–H and O–H groups in total. The number of imidazole rings is 1. The lowest BCUT2D eigenvalue weighted by atomic mass is 9.92. The number of nitrogens with two attached hydrogens (primary N) is 2. The van der Waals surface area contributed by atoms with Crippen LogP contribution in [0.5, 0.6) is 0 Å². The molecule has 2 aromatic heterocycles. The van der Waals surface area contributed by atoms with Crippen molar-refractivity contribution in [2.45, 2.75) is 37.8 Å². The number of fused-ring (bicyclic) bond motifs is 1. The van der Waals surface area contributed by atoms with Crippen LogP contribution in [0.2, 0.25) is 0 Å². The first-order valence-corrected chi connectivity index (χ1v) is 8.98. The summed E-state index contributed by atoms with van der Waals surface area (Å²) in [5, 5.41) is 6.65. The molecule has 9 nitrogen and oxygen atoms in total. The van der Waals surface area contributed by atoms with Gasteiger partial charge in [-0.1, -0.05) is 0 Å². The Balaban J connectivity index is 1.57. The minimum absolute atomic E-state index is 0.290. The van der Waals surface area contributed by atoms with Crippen LogP contribution >= 0.6 is 0 Å². The average molecular weight is 366 g/mol. The maximum Gasteiger partial charge on any atom is 0.248 e. The van der Waals surface area contributed by atoms with Gasteiger partial charge in [-0.3, -0.25) is 4.79 Å². The highest BCUT2D eigenvalue weighted by Gasteiger charge is 2.20. The zero-order valence-corrected chi connectivity index (χ0v) is 14.8. The Bertz CT molecular complexity index is 944. The van der Waals surface area contributed by atoms with E-state index in [1.54, 1.807) is 30.6 Å². The molecular formula is C18H22N8O. The Kier molecular flexibility index (Phi) is 4.59. The molecule has 140 valence electrons. The number of rotatable bonds is 5. The number of hydrogen-bond donors (Lipinski definition) is 5. The Morgan fingerprint density at radius 1 is 1.11 bits per heavy atom. The lowest BCUT2D eigenvalue weighted by Crippen LogP contribution is -2.33. The number of benzene rings is 1. The van der Waals surface area contributed by atoms with Gasteiger partial charge in [0.15, 0.2) is 11.5 Å². The normalized spacial score (nSPS) is 19.7. The molecule has 0 bridgehead atoms. The van der Waals surface area contributed by atoms with E-state index in [0.717, 1.165) is 31.4 Å². The van der Waals surface area contributed by atoms with E-state index in [0.29, 0.717) is 40.6 Å². The number of carbonyl (C=O) groups is 1. The zero-order valence-electron chi connectivity index (χ0n) is 14.8. The van der Waals surface area contributed by atoms with Crippen molar-refractivity contribution in [1.82, 2.24) is 19.9 Å². The fraction of sp³-hybridized carbons (Fsp3) is 0.333. The number of nitrogens with one attached hydrogen (secondary N) is 3. The molecule has 9 heteroatoms. The fourth-order valence-corrected chi connectivity index (χ4v) is 3.29. The summed E-state index contributed by atoms with van der Waals surface area (Å²) < 4.78 is 0. The highest BCUT2D eigenvalue weighted by molar-refractivity contribution is 5.93. The summed E-state index contributed by atoms with van der Waals surface area (Å²) in [6.45, 7) is 0. The molecule has 0 radical (unpaired) electrons. The first-order valence-electron chi connectivity index (χ1n) is 8.98. The number of hydrogen-bond acceptors (Lipinski definition) is 7. The van der Waals surface area contributed by atoms with Crippen LogP contribution < -0.4 is 22.1 Å². The van der Waals surface area contributed by atoms with Crippen LogP contribution in [0, 0.1) is 0 Å². The summed E-state index contributed by atoms with van der Waals surface area (Å²) in [5.41, 5.74) is 13.8. The van der Waals surface area contributed by atoms with Gasteiger partial charge in [0, 0.05) is 23.3 Å². The second-order valence-corrected chi connectivity index (χ2v) is 6.82. The third kappa shape index (κ3) is 3.82. The molecule has 1 aliphatic rings. The minimum atomic E-state index is -0.460. The maximum atomic E-state index is 11.2. The predicted molar refractivity (Wildman–Crippen MR) is 104 cm³/mol. The van der Waals surface area contributed by atoms with Crippen LogP contribution in [0.1, 0.15) is 36.0 Å². The van der Waals surface area contributed by atoms with Crippen molar-refractivity contribution in [3.05, 3.63) is 36.2 Å². The van der Waals surface area contributed by atoms with Crippen molar-refractivity contribution in [2.24, 2.45) is 11.5 Å². The van der Waals surface area contributed by atoms with Gasteiger partial charge in [0.2, 0.25) is 11.9 Å². The Labute approximate surface area is 156 Å². The van der Waals surface area contributed by atoms with Crippen molar-refractivity contribution >= 4 is 34.5 Å². The van der Waals surface area contributed by atoms with Crippen LogP contribution in [-0.2, 0) is 0 Å². The van der Waals surface area contributed by atoms with Gasteiger partial charge in [-0.05, 0) is 49.9 Å². The number of anilines is 3. The van der Waals surface area contributed by atoms with Gasteiger partial charge < -0.3 is 27.1 Å². The summed E-state index contributed by atoms with van der Waals surface area (Å²) in [7, 11) is 0. The number of H-pyrrole nitrogens is 1. The highest BCUT2D eigenvalue weighted by Crippen LogP contribution is 2.25. The molecule has 2 heterocycles. The molecule has 1 aromatic carbocycles. The molecule has 0 aliphatic heterocycles. The van der Waals surface area contributed by atoms with Crippen LogP contribution in [0.4, 0.5) is 17.5 Å². The van der Waals surface area contributed by atoms with Crippen LogP contribution in [0.15, 0.2) is 30.6 Å². The van der Waals surface area contributed by atoms with E-state index in [-0.39, 0.29) is 0 Å². The molecule has 1 aliphatic carbocycles. The average Bonchev–Trinajstić information content (AvgIpc) is 3.13. The van der Waals surface area contributed by atoms with E-state index >= 15 is 0 Å². The lowest BCUT2D eigenvalue weighted by Gasteiger charge is -2.26. The molecule has 27 heavy (non-hydrogen) atoms. The molecule has 3 aromatic rings. The van der Waals surface area contributed by atoms with E-state index in [9.17, 15) is 4.79 Å². The van der Waals surface area contributed by atoms with Gasteiger partial charge in [0.1, 0.15) is 5.52 Å². The summed E-state index contributed by atoms with van der Waals surface area (Å²) >= 11 is 0. The number of amides is 1. The van der Waals surface area contributed by atoms with Gasteiger partial charge in [0.05, 0.1) is 6.33 Å². The third-order valence-corrected chi connectivity index (χ3v) is 4.82. The van der Waals surface area contributed by atoms with Crippen molar-refractivity contribution in [2.75, 3.05) is 10.6 Å². The second-order valence-electron chi connectivity index (χ2n) is 6.82. The van der Waals surface area contributed by atoms with Crippen LogP contribution in [0.25, 0.3) is 11.2 Å². The van der Waals surface area contributed by atoms with Crippen molar-refractivity contribution in [3.63, 3.8) is 0 Å². The van der Waals surface area contributed by atoms with E-state index in [1.165, 1.54) is 0 Å². The molecule has 1 amide bonds. The van der Waals surface area contributed by atoms with Gasteiger partial charge in [-0.25, -0.2) is 4.98 Å². The largest absolute Gasteiger partial charge is 0.366 e. The summed E-state index contributed by atoms with van der Waals surface area (Å²) in [6, 6.07) is 7.49. The molecule has 4 rings (SSSR count). The topological polar surface area (TPSA) is 148 Å². The number of nitrogens with zero attached hydrogens (tertiary/aromatic N) is 3. The molecular weight excluding hydrogens is 344 g/mol. The van der Waals surface area contributed by atoms with Crippen molar-refractivity contribution in [3.8, 4) is 0 Å². The summed E-state index contributed by atoms with van der Waals surface area (Å²) in [5.74, 6) is 0.684. The highest BCUT2D eigenvalue weighted by atomic mass is 16.1. The third-order valence-electron chi connectivity index (χ3n) is 4.82. The maximum absolute atomic E-state index is 11.2. The minimum Gasteiger partial charge on any atom is -0.366 e. The number of carbonyl (C=O) groups excluding carboxylic acids is 1. The Hall–Kier alpha value is -3.20. The number of aromatic amines is 1. The molecule has 0 saturated heterocycles. The summed E-state index contributed by atoms with van der Waals surface area (Å²) in [6.07, 6.45) is 5.59. The fourth-order valence-electron chi connectivity index (χ4n) is 3.29. The van der Waals surface area contributed by atoms with Crippen molar-refractivity contribution in [1.29, 1.82) is 0 Å². The molecule has 0 spiro atoms. The quantitative estimate of drug-likeness (QED) is 0.463. The van der Waals surface area contributed by atoms with Crippen LogP contribution in [0.3, 0.4) is 0 Å². The first kappa shape index (κ1) is 17.2. The van der Waals surface area contributed by atoms with E-state index in [1.807, 2.05) is 0 Å². The second kappa shape index (κ2) is 7.20. The standard InChI is InChI=1S/C18H22N8O/c19-11-3-7-13(8-4-11)24-18-25-16-14(21-9-22-16)17(26-18)23-12-5-1-10(2-6-12)15(20)27/h1-2,5-6,9,11,13H,3-4,7-8,19H2,(H2,20,27)(H3,21,22,23,24,25,26). The molecule has 0 unspecified atom stereocenters. The molecule has 0 atom stereocenters. The number of primary amides is 1. The number of aromatic nitrogens is 4. The van der Waals surface area contributed by atoms with Gasteiger partial charge in [-0.15, -0.1) is 0 Å². The molecule has 1 fully saturated rings. The van der Waals surface area contributed by atoms with Crippen molar-refractivity contribution < 1.29 is 4.79 Å². The monoisotopic (exact) mass is 366 g/mol. The predicted octanol–water partition coefficient (Wildman–Crippen LogP) is 1.88. The van der Waals surface area contributed by atoms with E-state index in [2.05, 4.69) is 30.6 Å². The smallest absolute Gasteiger partial charge is 0.248 e. The van der Waals surface area contributed by atoms with E-state index in [4.69, 9.17) is 11.5 Å². The Morgan fingerprint density at radius 2 is 1.85 bits per heavy atom. The SMILES string of the molecule is NC(=O)c1ccc(Nc2nc(NC3CCC(N)CC3)nc3nc[nH]c23)cc1.